The van der Waals surface area contributed by atoms with Crippen LogP contribution in [-0.4, -0.2) is 43.0 Å². The number of hydrogen-bond acceptors (Lipinski definition) is 5. The molecular weight excluding hydrogens is 362 g/mol. The Kier molecular flexibility index (Phi) is 5.63. The molecule has 0 saturated heterocycles. The highest BCUT2D eigenvalue weighted by molar-refractivity contribution is 5.97. The van der Waals surface area contributed by atoms with Crippen molar-refractivity contribution in [1.82, 2.24) is 15.4 Å². The molecule has 2 aliphatic carbocycles. The molecule has 2 aliphatic rings. The zero-order valence-electron chi connectivity index (χ0n) is 18.2. The van der Waals surface area contributed by atoms with Gasteiger partial charge in [0.25, 0.3) is 0 Å². The predicted molar refractivity (Wildman–Crippen MR) is 115 cm³/mol. The Morgan fingerprint density at radius 1 is 1.21 bits per heavy atom. The summed E-state index contributed by atoms with van der Waals surface area (Å²) < 4.78 is 5.41. The highest BCUT2D eigenvalue weighted by Crippen LogP contribution is 2.47. The molecule has 1 aromatic heterocycles. The van der Waals surface area contributed by atoms with Crippen molar-refractivity contribution in [3.8, 4) is 11.1 Å². The number of carbonyl (C=O) groups excluding carboxylic acids is 1. The van der Waals surface area contributed by atoms with E-state index in [2.05, 4.69) is 47.7 Å². The second kappa shape index (κ2) is 8.04. The van der Waals surface area contributed by atoms with Gasteiger partial charge in [0.05, 0.1) is 5.69 Å². The van der Waals surface area contributed by atoms with Gasteiger partial charge < -0.3 is 9.42 Å². The summed E-state index contributed by atoms with van der Waals surface area (Å²) in [7, 11) is 4.16. The molecule has 0 aliphatic heterocycles. The van der Waals surface area contributed by atoms with Crippen LogP contribution in [0.25, 0.3) is 11.1 Å². The van der Waals surface area contributed by atoms with Crippen LogP contribution in [0, 0.1) is 19.8 Å². The Morgan fingerprint density at radius 3 is 2.62 bits per heavy atom. The molecule has 4 rings (SSSR count). The molecule has 1 heterocycles. The van der Waals surface area contributed by atoms with E-state index in [4.69, 9.17) is 4.52 Å². The van der Waals surface area contributed by atoms with E-state index in [0.717, 1.165) is 48.5 Å². The zero-order valence-corrected chi connectivity index (χ0v) is 18.2. The van der Waals surface area contributed by atoms with Gasteiger partial charge in [-0.25, -0.2) is 0 Å². The molecule has 1 N–H and O–H groups in total. The average molecular weight is 396 g/mol. The number of Topliss-reactive ketones (excluding diaryl/α,β-unsaturated/α-hetero) is 1. The fourth-order valence-electron chi connectivity index (χ4n) is 5.41. The molecule has 156 valence electrons. The fourth-order valence-corrected chi connectivity index (χ4v) is 5.41. The Hall–Kier alpha value is -1.98. The molecule has 1 aromatic carbocycles. The molecule has 5 nitrogen and oxygen atoms in total. The number of hydrogen-bond donors (Lipinski definition) is 1. The molecule has 1 saturated carbocycles. The van der Waals surface area contributed by atoms with Crippen LogP contribution in [0.1, 0.15) is 54.7 Å². The normalized spacial score (nSPS) is 22.4. The number of aryl methyl sites for hydroxylation is 2. The van der Waals surface area contributed by atoms with Gasteiger partial charge in [0, 0.05) is 25.1 Å². The third-order valence-electron chi connectivity index (χ3n) is 6.83. The van der Waals surface area contributed by atoms with E-state index in [0.29, 0.717) is 18.1 Å². The lowest BCUT2D eigenvalue weighted by molar-refractivity contribution is -0.127. The quantitative estimate of drug-likeness (QED) is 0.801. The van der Waals surface area contributed by atoms with Gasteiger partial charge in [-0.05, 0) is 69.5 Å². The van der Waals surface area contributed by atoms with Gasteiger partial charge in [-0.15, -0.1) is 0 Å². The number of nitrogens with one attached hydrogen (secondary N) is 1. The first-order valence-corrected chi connectivity index (χ1v) is 10.9. The van der Waals surface area contributed by atoms with E-state index < -0.39 is 5.54 Å². The minimum atomic E-state index is -0.555. The summed E-state index contributed by atoms with van der Waals surface area (Å²) in [6.45, 7) is 5.66. The molecule has 0 spiro atoms. The van der Waals surface area contributed by atoms with Gasteiger partial charge in [-0.1, -0.05) is 36.6 Å². The number of benzene rings is 1. The maximum absolute atomic E-state index is 13.6. The molecule has 0 amide bonds. The maximum atomic E-state index is 13.6. The smallest absolute Gasteiger partial charge is 0.162 e. The van der Waals surface area contributed by atoms with Gasteiger partial charge in [0.2, 0.25) is 0 Å². The highest BCUT2D eigenvalue weighted by Gasteiger charge is 2.51. The van der Waals surface area contributed by atoms with Gasteiger partial charge in [-0.2, -0.15) is 0 Å². The molecule has 5 heteroatoms. The number of ketones is 1. The monoisotopic (exact) mass is 395 g/mol. The van der Waals surface area contributed by atoms with Crippen molar-refractivity contribution < 1.29 is 9.32 Å². The van der Waals surface area contributed by atoms with Gasteiger partial charge in [0.1, 0.15) is 11.3 Å². The highest BCUT2D eigenvalue weighted by atomic mass is 16.5. The van der Waals surface area contributed by atoms with E-state index >= 15 is 0 Å². The molecule has 2 aromatic rings. The fraction of sp³-hybridized carbons (Fsp3) is 0.583. The molecule has 0 radical (unpaired) electrons. The minimum absolute atomic E-state index is 0.342. The van der Waals surface area contributed by atoms with Crippen molar-refractivity contribution in [2.75, 3.05) is 27.2 Å². The second-order valence-corrected chi connectivity index (χ2v) is 9.04. The van der Waals surface area contributed by atoms with E-state index in [-0.39, 0.29) is 0 Å². The van der Waals surface area contributed by atoms with Crippen molar-refractivity contribution in [3.05, 3.63) is 40.8 Å². The first kappa shape index (κ1) is 20.3. The van der Waals surface area contributed by atoms with Crippen LogP contribution in [0.15, 0.2) is 22.7 Å². The van der Waals surface area contributed by atoms with Crippen molar-refractivity contribution in [2.24, 2.45) is 5.92 Å². The SMILES string of the molecule is Cc1noc(C)c1-c1ccc2c(c1)C(NCCN(C)C)(C1CCCCC1)C(=O)C2. The third-order valence-corrected chi connectivity index (χ3v) is 6.83. The lowest BCUT2D eigenvalue weighted by Crippen LogP contribution is -2.54. The standard InChI is InChI=1S/C24H33N3O2/c1-16-23(17(2)29-26-16)19-11-10-18-15-22(28)24(21(18)14-19,25-12-13-27(3)4)20-8-6-5-7-9-20/h10-11,14,20,25H,5-9,12-13,15H2,1-4H3. The number of nitrogens with zero attached hydrogens (tertiary/aromatic N) is 2. The maximum Gasteiger partial charge on any atom is 0.162 e. The number of rotatable bonds is 6. The van der Waals surface area contributed by atoms with Crippen molar-refractivity contribution in [1.29, 1.82) is 0 Å². The summed E-state index contributed by atoms with van der Waals surface area (Å²) in [5.41, 5.74) is 4.86. The lowest BCUT2D eigenvalue weighted by Gasteiger charge is -2.40. The molecular formula is C24H33N3O2. The summed E-state index contributed by atoms with van der Waals surface area (Å²) in [5, 5.41) is 7.91. The van der Waals surface area contributed by atoms with Crippen molar-refractivity contribution in [2.45, 2.75) is 57.9 Å². The Morgan fingerprint density at radius 2 is 1.97 bits per heavy atom. The van der Waals surface area contributed by atoms with Crippen LogP contribution in [0.2, 0.25) is 0 Å². The number of likely N-dealkylation sites (N-methyl/N-ethyl adjacent to an activating group) is 1. The lowest BCUT2D eigenvalue weighted by atomic mass is 9.70. The van der Waals surface area contributed by atoms with E-state index in [1.165, 1.54) is 30.4 Å². The molecule has 0 bridgehead atoms. The number of fused-ring (bicyclic) bond motifs is 1. The summed E-state index contributed by atoms with van der Waals surface area (Å²) in [6, 6.07) is 6.51. The van der Waals surface area contributed by atoms with Gasteiger partial charge in [0.15, 0.2) is 5.78 Å². The summed E-state index contributed by atoms with van der Waals surface area (Å²) >= 11 is 0. The first-order valence-electron chi connectivity index (χ1n) is 10.9. The van der Waals surface area contributed by atoms with E-state index in [1.807, 2.05) is 13.8 Å². The molecule has 1 atom stereocenters. The predicted octanol–water partition coefficient (Wildman–Crippen LogP) is 4.01. The van der Waals surface area contributed by atoms with Crippen molar-refractivity contribution in [3.63, 3.8) is 0 Å². The van der Waals surface area contributed by atoms with Crippen molar-refractivity contribution >= 4 is 5.78 Å². The summed E-state index contributed by atoms with van der Waals surface area (Å²) in [6.07, 6.45) is 6.49. The molecule has 1 unspecified atom stereocenters. The van der Waals surface area contributed by atoms with Crippen LogP contribution in [0.5, 0.6) is 0 Å². The van der Waals surface area contributed by atoms with Crippen LogP contribution in [0.4, 0.5) is 0 Å². The number of aromatic nitrogens is 1. The van der Waals surface area contributed by atoms with Crippen LogP contribution < -0.4 is 5.32 Å². The van der Waals surface area contributed by atoms with Crippen LogP contribution in [-0.2, 0) is 16.8 Å². The van der Waals surface area contributed by atoms with Gasteiger partial charge >= 0.3 is 0 Å². The van der Waals surface area contributed by atoms with E-state index in [1.54, 1.807) is 0 Å². The number of carbonyl (C=O) groups is 1. The molecule has 29 heavy (non-hydrogen) atoms. The summed E-state index contributed by atoms with van der Waals surface area (Å²) in [5.74, 6) is 1.54. The average Bonchev–Trinajstić information content (AvgIpc) is 3.18. The Bertz CT molecular complexity index is 876. The Labute approximate surface area is 173 Å². The first-order chi connectivity index (χ1) is 13.9. The zero-order chi connectivity index (χ0) is 20.6. The third kappa shape index (κ3) is 3.55. The van der Waals surface area contributed by atoms with Crippen LogP contribution in [0.3, 0.4) is 0 Å². The van der Waals surface area contributed by atoms with Gasteiger partial charge in [-0.3, -0.25) is 10.1 Å². The largest absolute Gasteiger partial charge is 0.361 e. The van der Waals surface area contributed by atoms with Crippen LogP contribution >= 0.6 is 0 Å². The van der Waals surface area contributed by atoms with E-state index in [9.17, 15) is 4.79 Å². The topological polar surface area (TPSA) is 58.4 Å². The summed E-state index contributed by atoms with van der Waals surface area (Å²) in [4.78, 5) is 15.7. The molecule has 1 fully saturated rings. The minimum Gasteiger partial charge on any atom is -0.361 e. The Balaban J connectivity index is 1.79. The second-order valence-electron chi connectivity index (χ2n) is 9.04.